The van der Waals surface area contributed by atoms with E-state index in [-0.39, 0.29) is 25.7 Å². The Bertz CT molecular complexity index is 1790. The van der Waals surface area contributed by atoms with Gasteiger partial charge in [0.15, 0.2) is 12.2 Å². The number of phosphoric acid groups is 2. The Morgan fingerprint density at radius 1 is 0.315 bits per heavy atom. The first-order valence-electron chi connectivity index (χ1n) is 38.0. The number of aliphatic hydroxyl groups is 1. The third-order valence-electron chi connectivity index (χ3n) is 17.3. The fraction of sp³-hybridized carbons (Fsp3) is 0.945. The van der Waals surface area contributed by atoms with Gasteiger partial charge in [-0.2, -0.15) is 0 Å². The average molecular weight is 1350 g/mol. The standard InChI is InChI=1S/C73H142O17P2/c1-7-10-12-14-16-18-31-39-45-51-57-72(77)89-68(61-83-70(75)55-49-43-37-29-17-15-13-11-8-2)63-87-91(79,80)85-59-67(74)60-86-92(81,82)88-64-69(62-84-71(76)56-50-44-38-34-33-35-41-47-53-65(4)5)90-73(78)58-52-46-40-32-28-26-24-22-20-19-21-23-25-27-30-36-42-48-54-66(6)9-3/h65-69,74H,7-64H2,1-6H3,(H,79,80)(H,81,82)/t66?,67-,68+,69+/m0/s1. The van der Waals surface area contributed by atoms with Gasteiger partial charge in [0.05, 0.1) is 26.4 Å². The minimum Gasteiger partial charge on any atom is -0.462 e. The molecule has 546 valence electrons. The van der Waals surface area contributed by atoms with Crippen LogP contribution in [0.3, 0.4) is 0 Å². The summed E-state index contributed by atoms with van der Waals surface area (Å²) in [5, 5.41) is 10.6. The lowest BCUT2D eigenvalue weighted by atomic mass is 9.99. The first-order chi connectivity index (χ1) is 44.4. The highest BCUT2D eigenvalue weighted by Gasteiger charge is 2.30. The van der Waals surface area contributed by atoms with Gasteiger partial charge in [-0.15, -0.1) is 0 Å². The molecule has 0 saturated carbocycles. The van der Waals surface area contributed by atoms with Gasteiger partial charge in [-0.3, -0.25) is 37.3 Å². The molecule has 0 rings (SSSR count). The molecule has 17 nitrogen and oxygen atoms in total. The highest BCUT2D eigenvalue weighted by atomic mass is 31.2. The first-order valence-corrected chi connectivity index (χ1v) is 41.0. The summed E-state index contributed by atoms with van der Waals surface area (Å²) in [6, 6.07) is 0. The molecule has 0 spiro atoms. The van der Waals surface area contributed by atoms with Crippen molar-refractivity contribution in [3.05, 3.63) is 0 Å². The molecule has 0 aliphatic heterocycles. The van der Waals surface area contributed by atoms with Crippen LogP contribution in [0.25, 0.3) is 0 Å². The Kier molecular flexibility index (Phi) is 63.7. The Morgan fingerprint density at radius 3 is 0.826 bits per heavy atom. The molecule has 0 aromatic carbocycles. The van der Waals surface area contributed by atoms with Gasteiger partial charge >= 0.3 is 39.5 Å². The maximum atomic E-state index is 13.0. The van der Waals surface area contributed by atoms with Crippen molar-refractivity contribution in [2.24, 2.45) is 11.8 Å². The van der Waals surface area contributed by atoms with Crippen LogP contribution in [-0.2, 0) is 65.4 Å². The van der Waals surface area contributed by atoms with Crippen LogP contribution < -0.4 is 0 Å². The summed E-state index contributed by atoms with van der Waals surface area (Å²) < 4.78 is 68.3. The summed E-state index contributed by atoms with van der Waals surface area (Å²) >= 11 is 0. The zero-order valence-electron chi connectivity index (χ0n) is 59.9. The highest BCUT2D eigenvalue weighted by molar-refractivity contribution is 7.47. The van der Waals surface area contributed by atoms with Crippen LogP contribution in [-0.4, -0.2) is 96.7 Å². The van der Waals surface area contributed by atoms with Crippen LogP contribution in [0.5, 0.6) is 0 Å². The van der Waals surface area contributed by atoms with Crippen LogP contribution in [0.1, 0.15) is 375 Å². The van der Waals surface area contributed by atoms with E-state index in [0.717, 1.165) is 102 Å². The van der Waals surface area contributed by atoms with Crippen LogP contribution in [0, 0.1) is 11.8 Å². The van der Waals surface area contributed by atoms with Gasteiger partial charge in [0.1, 0.15) is 19.3 Å². The largest absolute Gasteiger partial charge is 0.472 e. The fourth-order valence-electron chi connectivity index (χ4n) is 11.1. The molecule has 0 aliphatic carbocycles. The molecule has 0 bridgehead atoms. The average Bonchev–Trinajstić information content (AvgIpc) is 1.87. The van der Waals surface area contributed by atoms with Crippen LogP contribution in [0.15, 0.2) is 0 Å². The monoisotopic (exact) mass is 1350 g/mol. The van der Waals surface area contributed by atoms with Crippen molar-refractivity contribution in [1.29, 1.82) is 0 Å². The predicted molar refractivity (Wildman–Crippen MR) is 372 cm³/mol. The minimum atomic E-state index is -4.95. The van der Waals surface area contributed by atoms with Crippen molar-refractivity contribution < 1.29 is 80.2 Å². The molecular formula is C73H142O17P2. The maximum absolute atomic E-state index is 13.0. The van der Waals surface area contributed by atoms with E-state index in [4.69, 9.17) is 37.0 Å². The van der Waals surface area contributed by atoms with E-state index < -0.39 is 97.5 Å². The van der Waals surface area contributed by atoms with E-state index in [1.54, 1.807) is 0 Å². The van der Waals surface area contributed by atoms with Crippen molar-refractivity contribution in [1.82, 2.24) is 0 Å². The third kappa shape index (κ3) is 65.4. The van der Waals surface area contributed by atoms with E-state index in [1.807, 2.05) is 0 Å². The van der Waals surface area contributed by atoms with Gasteiger partial charge < -0.3 is 33.8 Å². The van der Waals surface area contributed by atoms with E-state index in [1.165, 1.54) is 193 Å². The van der Waals surface area contributed by atoms with E-state index >= 15 is 0 Å². The van der Waals surface area contributed by atoms with Gasteiger partial charge in [0, 0.05) is 25.7 Å². The van der Waals surface area contributed by atoms with E-state index in [0.29, 0.717) is 25.7 Å². The number of hydrogen-bond donors (Lipinski definition) is 3. The lowest BCUT2D eigenvalue weighted by molar-refractivity contribution is -0.161. The number of carbonyl (C=O) groups excluding carboxylic acids is 4. The molecule has 92 heavy (non-hydrogen) atoms. The SMILES string of the molecule is CCCCCCCCCCCCC(=O)O[C@H](COC(=O)CCCCCCCCCCC)COP(=O)(O)OC[C@H](O)COP(=O)(O)OC[C@@H](COC(=O)CCCCCCCCCCC(C)C)OC(=O)CCCCCCCCCCCCCCCCCCCCC(C)CC. The first kappa shape index (κ1) is 90.1. The number of ether oxygens (including phenoxy) is 4. The molecule has 0 heterocycles. The second kappa shape index (κ2) is 65.0. The number of carbonyl (C=O) groups is 4. The summed E-state index contributed by atoms with van der Waals surface area (Å²) in [6.45, 7) is 9.57. The van der Waals surface area contributed by atoms with Crippen LogP contribution >= 0.6 is 15.6 Å². The summed E-state index contributed by atoms with van der Waals surface area (Å²) in [5.74, 6) is -0.526. The van der Waals surface area contributed by atoms with Gasteiger partial charge in [-0.1, -0.05) is 324 Å². The topological polar surface area (TPSA) is 237 Å². The summed E-state index contributed by atoms with van der Waals surface area (Å²) in [4.78, 5) is 72.5. The van der Waals surface area contributed by atoms with Crippen molar-refractivity contribution in [3.63, 3.8) is 0 Å². The molecule has 0 saturated heterocycles. The molecule has 0 aliphatic rings. The molecule has 19 heteroatoms. The normalized spacial score (nSPS) is 14.4. The van der Waals surface area contributed by atoms with Gasteiger partial charge in [-0.05, 0) is 37.5 Å². The summed E-state index contributed by atoms with van der Waals surface area (Å²) in [6.07, 6.45) is 51.4. The number of phosphoric ester groups is 2. The molecule has 0 fully saturated rings. The predicted octanol–water partition coefficient (Wildman–Crippen LogP) is 21.2. The van der Waals surface area contributed by atoms with Gasteiger partial charge in [-0.25, -0.2) is 9.13 Å². The van der Waals surface area contributed by atoms with E-state index in [9.17, 15) is 43.2 Å². The Morgan fingerprint density at radius 2 is 0.554 bits per heavy atom. The van der Waals surface area contributed by atoms with Crippen molar-refractivity contribution >= 4 is 39.5 Å². The molecule has 3 unspecified atom stereocenters. The summed E-state index contributed by atoms with van der Waals surface area (Å²) in [7, 11) is -9.90. The molecule has 0 aromatic heterocycles. The number of rotatable bonds is 72. The highest BCUT2D eigenvalue weighted by Crippen LogP contribution is 2.45. The maximum Gasteiger partial charge on any atom is 0.472 e. The zero-order chi connectivity index (χ0) is 67.9. The number of unbranched alkanes of at least 4 members (excludes halogenated alkanes) is 41. The molecule has 0 amide bonds. The Hall–Kier alpha value is -1.94. The lowest BCUT2D eigenvalue weighted by Crippen LogP contribution is -2.30. The Labute approximate surface area is 562 Å². The Balaban J connectivity index is 5.14. The smallest absolute Gasteiger partial charge is 0.462 e. The van der Waals surface area contributed by atoms with Gasteiger partial charge in [0.2, 0.25) is 0 Å². The van der Waals surface area contributed by atoms with Gasteiger partial charge in [0.25, 0.3) is 0 Å². The molecule has 0 aromatic rings. The van der Waals surface area contributed by atoms with Crippen LogP contribution in [0.4, 0.5) is 0 Å². The van der Waals surface area contributed by atoms with Crippen molar-refractivity contribution in [2.75, 3.05) is 39.6 Å². The van der Waals surface area contributed by atoms with Crippen LogP contribution in [0.2, 0.25) is 0 Å². The summed E-state index contributed by atoms with van der Waals surface area (Å²) in [5.41, 5.74) is 0. The fourth-order valence-corrected chi connectivity index (χ4v) is 12.7. The molecule has 6 atom stereocenters. The number of esters is 4. The van der Waals surface area contributed by atoms with Crippen molar-refractivity contribution in [2.45, 2.75) is 394 Å². The number of aliphatic hydroxyl groups excluding tert-OH is 1. The minimum absolute atomic E-state index is 0.106. The van der Waals surface area contributed by atoms with E-state index in [2.05, 4.69) is 41.5 Å². The molecular weight excluding hydrogens is 1210 g/mol. The lowest BCUT2D eigenvalue weighted by Gasteiger charge is -2.21. The molecule has 0 radical (unpaired) electrons. The quantitative estimate of drug-likeness (QED) is 0.0222. The van der Waals surface area contributed by atoms with Crippen molar-refractivity contribution in [3.8, 4) is 0 Å². The second-order valence-electron chi connectivity index (χ2n) is 27.1. The number of hydrogen-bond acceptors (Lipinski definition) is 15. The zero-order valence-corrected chi connectivity index (χ0v) is 61.6. The second-order valence-corrected chi connectivity index (χ2v) is 30.0. The molecule has 3 N–H and O–H groups in total. The third-order valence-corrected chi connectivity index (χ3v) is 19.2.